The molecule has 2 aromatic heterocycles. The average Bonchev–Trinajstić information content (AvgIpc) is 0.825. The summed E-state index contributed by atoms with van der Waals surface area (Å²) in [5.74, 6) is -29.8. The fraction of sp³-hybridized carbons (Fsp3) is 0.609. The first-order chi connectivity index (χ1) is 51.7. The van der Waals surface area contributed by atoms with Crippen LogP contribution in [0.4, 0.5) is 11.6 Å². The largest absolute Gasteiger partial charge is 0.481 e. The number of benzene rings is 1. The van der Waals surface area contributed by atoms with E-state index in [4.69, 9.17) is 5.73 Å². The molecule has 3 rings (SSSR count). The number of aliphatic hydroxyl groups excluding tert-OH is 16. The Morgan fingerprint density at radius 2 is 0.827 bits per heavy atom. The summed E-state index contributed by atoms with van der Waals surface area (Å²) in [6.07, 6.45) is -42.4. The zero-order chi connectivity index (χ0) is 83.1. The molecule has 0 aliphatic rings. The van der Waals surface area contributed by atoms with E-state index in [-0.39, 0.29) is 47.2 Å². The normalized spacial score (nSPS) is 17.1. The third-order valence-corrected chi connectivity index (χ3v) is 17.5. The number of amides is 5. The summed E-state index contributed by atoms with van der Waals surface area (Å²) in [5.41, 5.74) is 5.34. The lowest BCUT2D eigenvalue weighted by molar-refractivity contribution is -0.148. The smallest absolute Gasteiger partial charge is 0.326 e. The molecule has 45 nitrogen and oxygen atoms in total. The van der Waals surface area contributed by atoms with Crippen LogP contribution in [0.5, 0.6) is 0 Å². The van der Waals surface area contributed by atoms with Crippen molar-refractivity contribution in [2.45, 2.75) is 181 Å². The van der Waals surface area contributed by atoms with Crippen molar-refractivity contribution in [3.8, 4) is 0 Å². The molecule has 3 aromatic rings. The molecule has 0 saturated carbocycles. The number of thiol groups is 1. The standard InChI is InChI=1S/C64H93N11O34S/c65-64-74-56-47(62(107)75-64)69-27(20-68-56)19-67-26-3-1-25(2-4-26)57(102)73-36(63(108)109)6-5-28(80)15-29(48(94)52(98)40(84)21-76)59(104)70-34(8-11-45(90)91)38(82)17-31(50(96)54(100)42(86)23-78)61(106)72-35(9-12-46(92)93)39(83)18-32(51(97)55(101)43(87)24-79)60(105)71-33(7-10-44(88)89)37(81)16-30(58(103)66-13-14-110)49(95)53(99)41(85)22-77/h1-4,20,29-36,40-43,48-55,67,76-79,84-87,94-101,110H,5-19,21-24H2,(H,66,103)(H,70,104)(H,71,105)(H,72,106)(H,73,102)(H,88,89)(H,90,91)(H,92,93)(H,108,109)(H3,65,68,74,75,107)/t29-,30-,31-,32-,33+,34+,35+,36+,40-,41-,42-,43-,48-,49-,50-,51-,52-,53-,54-,55-/m1/s1. The quantitative estimate of drug-likeness (QED) is 0.0233. The molecule has 614 valence electrons. The number of anilines is 2. The molecule has 0 aliphatic heterocycles. The molecule has 0 unspecified atom stereocenters. The monoisotopic (exact) mass is 1590 g/mol. The molecule has 5 amide bonds. The Bertz CT molecular complexity index is 3690. The number of H-pyrrole nitrogens is 1. The van der Waals surface area contributed by atoms with E-state index in [9.17, 15) is 169 Å². The van der Waals surface area contributed by atoms with Gasteiger partial charge in [0.05, 0.1) is 111 Å². The van der Waals surface area contributed by atoms with Crippen LogP contribution in [0, 0.1) is 23.7 Å². The number of nitrogen functional groups attached to an aromatic ring is 1. The van der Waals surface area contributed by atoms with Crippen molar-refractivity contribution >= 4 is 112 Å². The summed E-state index contributed by atoms with van der Waals surface area (Å²) in [7, 11) is 0. The lowest BCUT2D eigenvalue weighted by Crippen LogP contribution is -2.55. The van der Waals surface area contributed by atoms with Gasteiger partial charge in [0.15, 0.2) is 28.5 Å². The third kappa shape index (κ3) is 29.5. The lowest BCUT2D eigenvalue weighted by Gasteiger charge is -2.32. The fourth-order valence-corrected chi connectivity index (χ4v) is 11.0. The SMILES string of the molecule is Nc1nc2ncc(CNc3ccc(C(=O)N[C@@H](CCC(=O)C[C@@H](C(=O)N[C@@H](CCC(=O)O)C(=O)C[C@@H](C(=O)N[C@@H](CCC(=O)O)C(=O)C[C@@H](C(=O)N[C@@H](CCC(=O)O)C(=O)C[C@@H](C(=O)NCCS)[C@@H](O)[C@H](O)[C@H](O)CO)[C@@H](O)[C@H](O)[C@H](O)CO)[C@@H](O)[C@H](O)[C@H](O)CO)[C@@H](O)[C@H](O)[C@H](O)CO)C(=O)O)cc3)nc2c(=O)[nH]1. The highest BCUT2D eigenvalue weighted by Crippen LogP contribution is 2.26. The fourth-order valence-electron chi connectivity index (χ4n) is 10.9. The van der Waals surface area contributed by atoms with Gasteiger partial charge in [-0.3, -0.25) is 67.3 Å². The number of Topliss-reactive ketones (excluding diaryl/α,β-unsaturated/α-hetero) is 4. The number of nitrogens with zero attached hydrogens (tertiary/aromatic N) is 3. The van der Waals surface area contributed by atoms with Gasteiger partial charge in [-0.25, -0.2) is 14.8 Å². The number of aliphatic hydroxyl groups is 16. The maximum atomic E-state index is 14.6. The first-order valence-corrected chi connectivity index (χ1v) is 34.3. The Morgan fingerprint density at radius 3 is 1.18 bits per heavy atom. The minimum Gasteiger partial charge on any atom is -0.481 e. The topological polar surface area (TPSA) is 796 Å². The molecule has 0 spiro atoms. The molecule has 0 radical (unpaired) electrons. The highest BCUT2D eigenvalue weighted by atomic mass is 32.1. The highest BCUT2D eigenvalue weighted by molar-refractivity contribution is 7.80. The van der Waals surface area contributed by atoms with Gasteiger partial charge in [0.1, 0.15) is 60.7 Å². The molecular formula is C64H93N11O34S. The zero-order valence-corrected chi connectivity index (χ0v) is 59.3. The van der Waals surface area contributed by atoms with Crippen LogP contribution >= 0.6 is 12.6 Å². The van der Waals surface area contributed by atoms with Gasteiger partial charge in [-0.2, -0.15) is 17.6 Å². The van der Waals surface area contributed by atoms with E-state index in [1.165, 1.54) is 30.5 Å². The number of nitrogens with one attached hydrogen (secondary N) is 7. The van der Waals surface area contributed by atoms with Crippen LogP contribution in [0.2, 0.25) is 0 Å². The van der Waals surface area contributed by atoms with Crippen LogP contribution in [-0.2, 0) is 64.1 Å². The number of hydrogen-bond donors (Lipinski definition) is 29. The lowest BCUT2D eigenvalue weighted by atomic mass is 9.84. The number of carboxylic acids is 4. The van der Waals surface area contributed by atoms with Crippen molar-refractivity contribution in [1.82, 2.24) is 46.5 Å². The van der Waals surface area contributed by atoms with Crippen molar-refractivity contribution in [3.05, 3.63) is 52.1 Å². The summed E-state index contributed by atoms with van der Waals surface area (Å²) < 4.78 is 0. The summed E-state index contributed by atoms with van der Waals surface area (Å²) in [5, 5.41) is 220. The molecule has 0 bridgehead atoms. The first-order valence-electron chi connectivity index (χ1n) is 33.7. The van der Waals surface area contributed by atoms with Gasteiger partial charge in [0.25, 0.3) is 11.5 Å². The van der Waals surface area contributed by atoms with Gasteiger partial charge in [-0.05, 0) is 49.9 Å². The van der Waals surface area contributed by atoms with Gasteiger partial charge in [0.2, 0.25) is 29.6 Å². The van der Waals surface area contributed by atoms with E-state index in [1.807, 2.05) is 16.0 Å². The van der Waals surface area contributed by atoms with Crippen molar-refractivity contribution in [3.63, 3.8) is 0 Å². The van der Waals surface area contributed by atoms with Crippen LogP contribution in [0.15, 0.2) is 35.3 Å². The predicted molar refractivity (Wildman–Crippen MR) is 370 cm³/mol. The molecule has 20 atom stereocenters. The minimum absolute atomic E-state index is 0.00414. The third-order valence-electron chi connectivity index (χ3n) is 17.3. The maximum absolute atomic E-state index is 14.6. The second-order valence-corrected chi connectivity index (χ2v) is 25.9. The summed E-state index contributed by atoms with van der Waals surface area (Å²) >= 11 is 3.93. The zero-order valence-electron chi connectivity index (χ0n) is 58.4. The predicted octanol–water partition coefficient (Wildman–Crippen LogP) is -11.4. The number of aliphatic carboxylic acids is 4. The Hall–Kier alpha value is -9.34. The molecule has 0 aliphatic carbocycles. The number of fused-ring (bicyclic) bond motifs is 1. The molecule has 29 N–H and O–H groups in total. The molecule has 2 heterocycles. The molecule has 1 aromatic carbocycles. The van der Waals surface area contributed by atoms with E-state index in [0.29, 0.717) is 5.69 Å². The van der Waals surface area contributed by atoms with Gasteiger partial charge >= 0.3 is 23.9 Å². The van der Waals surface area contributed by atoms with E-state index in [2.05, 4.69) is 48.5 Å². The van der Waals surface area contributed by atoms with Crippen LogP contribution in [-0.4, -0.2) is 335 Å². The van der Waals surface area contributed by atoms with Gasteiger partial charge in [-0.1, -0.05) is 0 Å². The van der Waals surface area contributed by atoms with Crippen LogP contribution in [0.1, 0.15) is 93.1 Å². The van der Waals surface area contributed by atoms with E-state index in [1.54, 1.807) is 0 Å². The number of ketones is 4. The first kappa shape index (κ1) is 94.9. The number of aromatic nitrogens is 4. The van der Waals surface area contributed by atoms with Gasteiger partial charge < -0.3 is 140 Å². The summed E-state index contributed by atoms with van der Waals surface area (Å²) in [6, 6.07) is -3.37. The number of hydrogen-bond acceptors (Lipinski definition) is 36. The van der Waals surface area contributed by atoms with E-state index >= 15 is 0 Å². The Balaban J connectivity index is 2.03. The number of carbonyl (C=O) groups excluding carboxylic acids is 9. The Morgan fingerprint density at radius 1 is 0.464 bits per heavy atom. The second kappa shape index (κ2) is 46.4. The average molecular weight is 1590 g/mol. The molecule has 0 fully saturated rings. The maximum Gasteiger partial charge on any atom is 0.326 e. The highest BCUT2D eigenvalue weighted by Gasteiger charge is 2.45. The second-order valence-electron chi connectivity index (χ2n) is 25.4. The van der Waals surface area contributed by atoms with Crippen molar-refractivity contribution in [1.29, 1.82) is 0 Å². The summed E-state index contributed by atoms with van der Waals surface area (Å²) in [6.45, 7) is -5.55. The number of rotatable bonds is 54. The Labute approximate surface area is 627 Å². The molecule has 46 heteroatoms. The van der Waals surface area contributed by atoms with Crippen molar-refractivity contribution < 1.29 is 164 Å². The minimum atomic E-state index is -2.83. The number of nitrogens with two attached hydrogens (primary N) is 1. The van der Waals surface area contributed by atoms with Crippen LogP contribution < -0.4 is 43.2 Å². The summed E-state index contributed by atoms with van der Waals surface area (Å²) in [4.78, 5) is 202. The van der Waals surface area contributed by atoms with Crippen molar-refractivity contribution in [2.24, 2.45) is 23.7 Å². The van der Waals surface area contributed by atoms with E-state index < -0.39 is 307 Å². The Kier molecular flexibility index (Phi) is 40.0. The van der Waals surface area contributed by atoms with Crippen LogP contribution in [0.25, 0.3) is 11.2 Å². The number of carboxylic acid groups (broad SMARTS) is 4. The van der Waals surface area contributed by atoms with E-state index in [0.717, 1.165) is 0 Å². The molecule has 0 saturated heterocycles. The van der Waals surface area contributed by atoms with Crippen LogP contribution in [0.3, 0.4) is 0 Å². The number of carbonyl (C=O) groups is 13. The van der Waals surface area contributed by atoms with Crippen molar-refractivity contribution in [2.75, 3.05) is 49.8 Å². The van der Waals surface area contributed by atoms with Gasteiger partial charge in [-0.15, -0.1) is 0 Å². The van der Waals surface area contributed by atoms with Gasteiger partial charge in [0, 0.05) is 74.9 Å². The molecule has 110 heavy (non-hydrogen) atoms. The molecular weight excluding hydrogens is 1500 g/mol. The number of aromatic amines is 1.